The monoisotopic (exact) mass is 210 g/mol. The summed E-state index contributed by atoms with van der Waals surface area (Å²) < 4.78 is 0. The van der Waals surface area contributed by atoms with E-state index >= 15 is 0 Å². The van der Waals surface area contributed by atoms with Gasteiger partial charge in [0.2, 0.25) is 0 Å². The average Bonchev–Trinajstić information content (AvgIpc) is 2.75. The Morgan fingerprint density at radius 1 is 1.12 bits per heavy atom. The van der Waals surface area contributed by atoms with E-state index in [2.05, 4.69) is 32.9 Å². The third-order valence-corrected chi connectivity index (χ3v) is 2.46. The minimum atomic E-state index is 0.807. The highest BCUT2D eigenvalue weighted by atomic mass is 15.3. The van der Waals surface area contributed by atoms with Crippen molar-refractivity contribution in [1.29, 1.82) is 0 Å². The number of aromatic amines is 1. The highest BCUT2D eigenvalue weighted by Crippen LogP contribution is 2.24. The fraction of sp³-hybridized carbons (Fsp3) is 0. The lowest BCUT2D eigenvalue weighted by Crippen LogP contribution is -1.99. The standard InChI is InChI=1S/C12H10N4/c1-2-6-10-9(4-1)5-3-7-11(14-10)12-8-13-16-15-12/h1-8,14H,(H,13,15,16). The van der Waals surface area contributed by atoms with E-state index < -0.39 is 0 Å². The summed E-state index contributed by atoms with van der Waals surface area (Å²) in [5, 5.41) is 13.7. The fourth-order valence-electron chi connectivity index (χ4n) is 1.67. The van der Waals surface area contributed by atoms with Crippen LogP contribution in [-0.4, -0.2) is 15.4 Å². The predicted octanol–water partition coefficient (Wildman–Crippen LogP) is 2.28. The topological polar surface area (TPSA) is 53.6 Å². The van der Waals surface area contributed by atoms with Crippen molar-refractivity contribution in [3.63, 3.8) is 0 Å². The maximum absolute atomic E-state index is 3.98. The molecule has 4 heteroatoms. The van der Waals surface area contributed by atoms with Crippen LogP contribution in [0.4, 0.5) is 5.69 Å². The predicted molar refractivity (Wildman–Crippen MR) is 63.5 cm³/mol. The Morgan fingerprint density at radius 3 is 2.94 bits per heavy atom. The van der Waals surface area contributed by atoms with Crippen LogP contribution in [0.1, 0.15) is 11.3 Å². The van der Waals surface area contributed by atoms with Crippen molar-refractivity contribution in [1.82, 2.24) is 15.4 Å². The van der Waals surface area contributed by atoms with Crippen LogP contribution in [0.3, 0.4) is 0 Å². The average molecular weight is 210 g/mol. The second-order valence-corrected chi connectivity index (χ2v) is 3.51. The number of anilines is 1. The zero-order valence-corrected chi connectivity index (χ0v) is 8.51. The second kappa shape index (κ2) is 3.66. The molecule has 1 aliphatic rings. The molecule has 0 atom stereocenters. The van der Waals surface area contributed by atoms with Crippen LogP contribution < -0.4 is 5.32 Å². The molecular weight excluding hydrogens is 200 g/mol. The van der Waals surface area contributed by atoms with Gasteiger partial charge in [-0.15, -0.1) is 5.10 Å². The molecule has 0 unspecified atom stereocenters. The lowest BCUT2D eigenvalue weighted by atomic mass is 10.2. The van der Waals surface area contributed by atoms with Crippen LogP contribution in [0.25, 0.3) is 11.8 Å². The molecule has 1 aromatic carbocycles. The molecule has 0 radical (unpaired) electrons. The van der Waals surface area contributed by atoms with Gasteiger partial charge in [0.05, 0.1) is 11.9 Å². The molecule has 0 amide bonds. The second-order valence-electron chi connectivity index (χ2n) is 3.51. The van der Waals surface area contributed by atoms with Crippen LogP contribution >= 0.6 is 0 Å². The van der Waals surface area contributed by atoms with E-state index in [4.69, 9.17) is 0 Å². The van der Waals surface area contributed by atoms with Crippen molar-refractivity contribution in [2.24, 2.45) is 0 Å². The first-order chi connectivity index (χ1) is 7.93. The lowest BCUT2D eigenvalue weighted by Gasteiger charge is -2.08. The van der Waals surface area contributed by atoms with Crippen molar-refractivity contribution < 1.29 is 0 Å². The van der Waals surface area contributed by atoms with Crippen LogP contribution in [0.15, 0.2) is 42.6 Å². The van der Waals surface area contributed by atoms with Gasteiger partial charge in [-0.2, -0.15) is 0 Å². The molecule has 0 saturated carbocycles. The van der Waals surface area contributed by atoms with Crippen molar-refractivity contribution in [2.75, 3.05) is 5.32 Å². The first-order valence-electron chi connectivity index (χ1n) is 5.05. The molecular formula is C12H10N4. The molecule has 0 fully saturated rings. The number of fused-ring (bicyclic) bond motifs is 1. The van der Waals surface area contributed by atoms with Crippen LogP contribution in [0.5, 0.6) is 0 Å². The number of aromatic nitrogens is 3. The Hall–Kier alpha value is -2.36. The van der Waals surface area contributed by atoms with Gasteiger partial charge in [-0.3, -0.25) is 5.10 Å². The smallest absolute Gasteiger partial charge is 0.128 e. The number of para-hydroxylation sites is 1. The molecule has 1 aromatic heterocycles. The van der Waals surface area contributed by atoms with Crippen molar-refractivity contribution >= 4 is 17.5 Å². The van der Waals surface area contributed by atoms with E-state index in [0.717, 1.165) is 22.6 Å². The minimum absolute atomic E-state index is 0.807. The number of allylic oxidation sites excluding steroid dienone is 2. The fourth-order valence-corrected chi connectivity index (χ4v) is 1.67. The molecule has 16 heavy (non-hydrogen) atoms. The Balaban J connectivity index is 2.03. The van der Waals surface area contributed by atoms with E-state index in [9.17, 15) is 0 Å². The van der Waals surface area contributed by atoms with Gasteiger partial charge in [-0.1, -0.05) is 35.6 Å². The molecule has 0 aliphatic carbocycles. The van der Waals surface area contributed by atoms with Crippen molar-refractivity contribution in [3.8, 4) is 0 Å². The lowest BCUT2D eigenvalue weighted by molar-refractivity contribution is 0.935. The quantitative estimate of drug-likeness (QED) is 0.759. The van der Waals surface area contributed by atoms with E-state index in [0.29, 0.717) is 0 Å². The number of H-pyrrole nitrogens is 1. The van der Waals surface area contributed by atoms with Gasteiger partial charge >= 0.3 is 0 Å². The van der Waals surface area contributed by atoms with Crippen molar-refractivity contribution in [3.05, 3.63) is 53.9 Å². The molecule has 0 spiro atoms. The number of nitrogens with zero attached hydrogens (tertiary/aromatic N) is 2. The Bertz CT molecular complexity index is 552. The normalized spacial score (nSPS) is 13.6. The Kier molecular flexibility index (Phi) is 2.04. The SMILES string of the molecule is C1=Cc2ccccc2NC(c2c[nH]nn2)=C1. The van der Waals surface area contributed by atoms with Crippen molar-refractivity contribution in [2.45, 2.75) is 0 Å². The summed E-state index contributed by atoms with van der Waals surface area (Å²) in [4.78, 5) is 0. The molecule has 0 bridgehead atoms. The molecule has 1 aliphatic heterocycles. The maximum atomic E-state index is 3.98. The number of hydrogen-bond donors (Lipinski definition) is 2. The summed E-state index contributed by atoms with van der Waals surface area (Å²) in [7, 11) is 0. The summed E-state index contributed by atoms with van der Waals surface area (Å²) in [6.45, 7) is 0. The molecule has 4 nitrogen and oxygen atoms in total. The third-order valence-electron chi connectivity index (χ3n) is 2.46. The Labute approximate surface area is 92.7 Å². The number of nitrogens with one attached hydrogen (secondary N) is 2. The Morgan fingerprint density at radius 2 is 2.06 bits per heavy atom. The third kappa shape index (κ3) is 1.50. The first kappa shape index (κ1) is 8.91. The summed E-state index contributed by atoms with van der Waals surface area (Å²) in [6, 6.07) is 8.13. The number of benzene rings is 1. The maximum Gasteiger partial charge on any atom is 0.128 e. The summed E-state index contributed by atoms with van der Waals surface area (Å²) in [5.74, 6) is 0. The minimum Gasteiger partial charge on any atom is -0.353 e. The highest BCUT2D eigenvalue weighted by Gasteiger charge is 2.08. The molecule has 2 aromatic rings. The molecule has 2 N–H and O–H groups in total. The van der Waals surface area contributed by atoms with Gasteiger partial charge in [0.1, 0.15) is 5.69 Å². The van der Waals surface area contributed by atoms with Gasteiger partial charge in [0.15, 0.2) is 0 Å². The zero-order chi connectivity index (χ0) is 10.8. The first-order valence-corrected chi connectivity index (χ1v) is 5.05. The van der Waals surface area contributed by atoms with Crippen LogP contribution in [-0.2, 0) is 0 Å². The van der Waals surface area contributed by atoms with Crippen LogP contribution in [0, 0.1) is 0 Å². The van der Waals surface area contributed by atoms with E-state index in [1.165, 1.54) is 0 Å². The summed E-state index contributed by atoms with van der Waals surface area (Å²) in [6.07, 6.45) is 7.82. The number of rotatable bonds is 1. The molecule has 2 heterocycles. The molecule has 0 saturated heterocycles. The van der Waals surface area contributed by atoms with Gasteiger partial charge in [-0.25, -0.2) is 0 Å². The van der Waals surface area contributed by atoms with E-state index in [1.807, 2.05) is 30.4 Å². The van der Waals surface area contributed by atoms with Crippen LogP contribution in [0.2, 0.25) is 0 Å². The van der Waals surface area contributed by atoms with Gasteiger partial charge in [-0.05, 0) is 17.7 Å². The zero-order valence-electron chi connectivity index (χ0n) is 8.51. The summed E-state index contributed by atoms with van der Waals surface area (Å²) >= 11 is 0. The van der Waals surface area contributed by atoms with E-state index in [-0.39, 0.29) is 0 Å². The largest absolute Gasteiger partial charge is 0.353 e. The van der Waals surface area contributed by atoms with Gasteiger partial charge in [0, 0.05) is 5.69 Å². The molecule has 78 valence electrons. The van der Waals surface area contributed by atoms with Gasteiger partial charge in [0.25, 0.3) is 0 Å². The molecule has 3 rings (SSSR count). The van der Waals surface area contributed by atoms with Gasteiger partial charge < -0.3 is 5.32 Å². The number of hydrogen-bond acceptors (Lipinski definition) is 3. The van der Waals surface area contributed by atoms with E-state index in [1.54, 1.807) is 6.20 Å². The summed E-state index contributed by atoms with van der Waals surface area (Å²) in [5.41, 5.74) is 3.99. The highest BCUT2D eigenvalue weighted by molar-refractivity contribution is 5.83.